The molecule has 184 valence electrons. The SMILES string of the molecule is CCCCc1ccc(N2C(=O)C(=O)/C(=C(\O)c3ccc([N+](=O)[O-])cc3)C2c2ccc(CC)cc2)cc1. The molecule has 1 amide bonds. The summed E-state index contributed by atoms with van der Waals surface area (Å²) in [6.45, 7) is 4.17. The van der Waals surface area contributed by atoms with Gasteiger partial charge in [-0.2, -0.15) is 0 Å². The number of carbonyl (C=O) groups is 2. The fourth-order valence-electron chi connectivity index (χ4n) is 4.45. The first-order valence-electron chi connectivity index (χ1n) is 12.1. The van der Waals surface area contributed by atoms with Crippen molar-refractivity contribution in [1.82, 2.24) is 0 Å². The Labute approximate surface area is 209 Å². The van der Waals surface area contributed by atoms with E-state index in [0.29, 0.717) is 11.3 Å². The van der Waals surface area contributed by atoms with Crippen LogP contribution in [0.5, 0.6) is 0 Å². The van der Waals surface area contributed by atoms with Crippen molar-refractivity contribution in [2.75, 3.05) is 4.90 Å². The zero-order valence-corrected chi connectivity index (χ0v) is 20.3. The van der Waals surface area contributed by atoms with Crippen molar-refractivity contribution in [3.05, 3.63) is 111 Å². The van der Waals surface area contributed by atoms with Crippen molar-refractivity contribution in [3.63, 3.8) is 0 Å². The summed E-state index contributed by atoms with van der Waals surface area (Å²) < 4.78 is 0. The molecule has 3 aromatic carbocycles. The Balaban J connectivity index is 1.83. The van der Waals surface area contributed by atoms with Gasteiger partial charge in [-0.15, -0.1) is 0 Å². The Morgan fingerprint density at radius 2 is 1.53 bits per heavy atom. The second-order valence-electron chi connectivity index (χ2n) is 8.84. The quantitative estimate of drug-likeness (QED) is 0.136. The summed E-state index contributed by atoms with van der Waals surface area (Å²) >= 11 is 0. The van der Waals surface area contributed by atoms with Crippen molar-refractivity contribution in [1.29, 1.82) is 0 Å². The van der Waals surface area contributed by atoms with Gasteiger partial charge in [0.1, 0.15) is 5.76 Å². The van der Waals surface area contributed by atoms with E-state index in [-0.39, 0.29) is 22.6 Å². The fourth-order valence-corrected chi connectivity index (χ4v) is 4.45. The molecule has 1 aliphatic rings. The third-order valence-corrected chi connectivity index (χ3v) is 6.53. The van der Waals surface area contributed by atoms with Gasteiger partial charge in [-0.3, -0.25) is 24.6 Å². The molecule has 0 spiro atoms. The number of carbonyl (C=O) groups excluding carboxylic acids is 2. The zero-order valence-electron chi connectivity index (χ0n) is 20.3. The number of Topliss-reactive ketones (excluding diaryl/α,β-unsaturated/α-hetero) is 1. The summed E-state index contributed by atoms with van der Waals surface area (Å²) in [5.74, 6) is -1.90. The molecule has 0 aromatic heterocycles. The van der Waals surface area contributed by atoms with Crippen LogP contribution in [0.25, 0.3) is 5.76 Å². The number of ketones is 1. The monoisotopic (exact) mass is 484 g/mol. The van der Waals surface area contributed by atoms with E-state index in [1.54, 1.807) is 0 Å². The van der Waals surface area contributed by atoms with Crippen LogP contribution in [-0.2, 0) is 22.4 Å². The summed E-state index contributed by atoms with van der Waals surface area (Å²) in [6.07, 6.45) is 3.90. The van der Waals surface area contributed by atoms with E-state index in [0.717, 1.165) is 36.8 Å². The Kier molecular flexibility index (Phi) is 7.29. The highest BCUT2D eigenvalue weighted by atomic mass is 16.6. The molecule has 36 heavy (non-hydrogen) atoms. The summed E-state index contributed by atoms with van der Waals surface area (Å²) in [6, 6.07) is 19.6. The second kappa shape index (κ2) is 10.6. The molecule has 1 heterocycles. The third kappa shape index (κ3) is 4.77. The number of unbranched alkanes of at least 4 members (excludes halogenated alkanes) is 1. The summed E-state index contributed by atoms with van der Waals surface area (Å²) in [7, 11) is 0. The summed E-state index contributed by atoms with van der Waals surface area (Å²) in [5.41, 5.74) is 3.53. The number of hydrogen-bond donors (Lipinski definition) is 1. The molecule has 1 aliphatic heterocycles. The van der Waals surface area contributed by atoms with Gasteiger partial charge in [0.2, 0.25) is 0 Å². The van der Waals surface area contributed by atoms with Crippen LogP contribution in [-0.4, -0.2) is 21.7 Å². The normalized spacial score (nSPS) is 16.9. The van der Waals surface area contributed by atoms with E-state index >= 15 is 0 Å². The van der Waals surface area contributed by atoms with Crippen LogP contribution < -0.4 is 4.90 Å². The van der Waals surface area contributed by atoms with Crippen molar-refractivity contribution in [3.8, 4) is 0 Å². The number of aliphatic hydroxyl groups is 1. The van der Waals surface area contributed by atoms with Crippen molar-refractivity contribution >= 4 is 28.8 Å². The number of aryl methyl sites for hydroxylation is 2. The van der Waals surface area contributed by atoms with Gasteiger partial charge in [0.15, 0.2) is 0 Å². The highest BCUT2D eigenvalue weighted by molar-refractivity contribution is 6.51. The van der Waals surface area contributed by atoms with Crippen molar-refractivity contribution in [2.45, 2.75) is 45.6 Å². The number of non-ortho nitro benzene ring substituents is 1. The fraction of sp³-hybridized carbons (Fsp3) is 0.241. The molecule has 0 saturated carbocycles. The molecular weight excluding hydrogens is 456 g/mol. The predicted octanol–water partition coefficient (Wildman–Crippen LogP) is 6.13. The molecule has 1 fully saturated rings. The van der Waals surface area contributed by atoms with E-state index in [1.165, 1.54) is 29.2 Å². The van der Waals surface area contributed by atoms with Crippen LogP contribution in [0.2, 0.25) is 0 Å². The number of hydrogen-bond acceptors (Lipinski definition) is 5. The van der Waals surface area contributed by atoms with Gasteiger partial charge in [-0.25, -0.2) is 0 Å². The van der Waals surface area contributed by atoms with Gasteiger partial charge in [0.25, 0.3) is 17.4 Å². The molecule has 3 aromatic rings. The Bertz CT molecular complexity index is 1310. The Morgan fingerprint density at radius 3 is 2.08 bits per heavy atom. The van der Waals surface area contributed by atoms with Gasteiger partial charge in [0, 0.05) is 23.4 Å². The standard InChI is InChI=1S/C29H28N2O5/c1-3-5-6-20-9-15-23(16-10-20)30-26(21-11-7-19(4-2)8-12-21)25(28(33)29(30)34)27(32)22-13-17-24(18-14-22)31(35)36/h7-18,26,32H,3-6H2,1-2H3/b27-25-. The highest BCUT2D eigenvalue weighted by Gasteiger charge is 2.47. The van der Waals surface area contributed by atoms with Crippen LogP contribution >= 0.6 is 0 Å². The second-order valence-corrected chi connectivity index (χ2v) is 8.84. The molecule has 1 unspecified atom stereocenters. The van der Waals surface area contributed by atoms with Gasteiger partial charge in [0.05, 0.1) is 16.5 Å². The number of nitrogens with zero attached hydrogens (tertiary/aromatic N) is 2. The molecule has 0 bridgehead atoms. The maximum Gasteiger partial charge on any atom is 0.300 e. The molecule has 7 heteroatoms. The van der Waals surface area contributed by atoms with E-state index in [2.05, 4.69) is 6.92 Å². The van der Waals surface area contributed by atoms with Gasteiger partial charge in [-0.05, 0) is 60.2 Å². The predicted molar refractivity (Wildman–Crippen MR) is 139 cm³/mol. The van der Waals surface area contributed by atoms with Crippen LogP contribution in [0.4, 0.5) is 11.4 Å². The molecule has 0 aliphatic carbocycles. The third-order valence-electron chi connectivity index (χ3n) is 6.53. The van der Waals surface area contributed by atoms with Crippen LogP contribution in [0, 0.1) is 10.1 Å². The number of aliphatic hydroxyl groups excluding tert-OH is 1. The number of nitro benzene ring substituents is 1. The molecule has 1 N–H and O–H groups in total. The lowest BCUT2D eigenvalue weighted by molar-refractivity contribution is -0.384. The molecule has 0 radical (unpaired) electrons. The minimum absolute atomic E-state index is 0.0480. The van der Waals surface area contributed by atoms with Crippen molar-refractivity contribution < 1.29 is 19.6 Å². The van der Waals surface area contributed by atoms with E-state index in [4.69, 9.17) is 0 Å². The first-order valence-corrected chi connectivity index (χ1v) is 12.1. The molecule has 4 rings (SSSR count). The van der Waals surface area contributed by atoms with E-state index < -0.39 is 22.7 Å². The Hall–Kier alpha value is -4.26. The van der Waals surface area contributed by atoms with Crippen molar-refractivity contribution in [2.24, 2.45) is 0 Å². The Morgan fingerprint density at radius 1 is 0.917 bits per heavy atom. The van der Waals surface area contributed by atoms with E-state index in [9.17, 15) is 24.8 Å². The zero-order chi connectivity index (χ0) is 25.8. The van der Waals surface area contributed by atoms with Crippen LogP contribution in [0.3, 0.4) is 0 Å². The highest BCUT2D eigenvalue weighted by Crippen LogP contribution is 2.42. The van der Waals surface area contributed by atoms with Crippen LogP contribution in [0.15, 0.2) is 78.4 Å². The number of anilines is 1. The lowest BCUT2D eigenvalue weighted by Gasteiger charge is -2.26. The number of rotatable bonds is 8. The molecule has 7 nitrogen and oxygen atoms in total. The number of nitro groups is 1. The molecule has 1 atom stereocenters. The minimum Gasteiger partial charge on any atom is -0.507 e. The molecular formula is C29H28N2O5. The minimum atomic E-state index is -0.840. The number of benzene rings is 3. The lowest BCUT2D eigenvalue weighted by Crippen LogP contribution is -2.29. The topological polar surface area (TPSA) is 101 Å². The first-order chi connectivity index (χ1) is 17.3. The maximum absolute atomic E-state index is 13.3. The maximum atomic E-state index is 13.3. The lowest BCUT2D eigenvalue weighted by atomic mass is 9.94. The van der Waals surface area contributed by atoms with E-state index in [1.807, 2.05) is 55.5 Å². The van der Waals surface area contributed by atoms with Crippen LogP contribution in [0.1, 0.15) is 55.0 Å². The average Bonchev–Trinajstić information content (AvgIpc) is 3.17. The smallest absolute Gasteiger partial charge is 0.300 e. The van der Waals surface area contributed by atoms with Gasteiger partial charge < -0.3 is 5.11 Å². The largest absolute Gasteiger partial charge is 0.507 e. The van der Waals surface area contributed by atoms with Gasteiger partial charge >= 0.3 is 0 Å². The molecule has 1 saturated heterocycles. The summed E-state index contributed by atoms with van der Waals surface area (Å²) in [5, 5.41) is 22.2. The van der Waals surface area contributed by atoms with Gasteiger partial charge in [-0.1, -0.05) is 56.7 Å². The number of amides is 1. The summed E-state index contributed by atoms with van der Waals surface area (Å²) in [4.78, 5) is 38.5. The first kappa shape index (κ1) is 24.9. The average molecular weight is 485 g/mol.